The minimum atomic E-state index is -0.561. The number of hydrogen-bond donors (Lipinski definition) is 2. The zero-order chi connectivity index (χ0) is 14.6. The average Bonchev–Trinajstić information content (AvgIpc) is 2.87. The van der Waals surface area contributed by atoms with Crippen LogP contribution >= 0.6 is 0 Å². The van der Waals surface area contributed by atoms with Crippen molar-refractivity contribution in [1.29, 1.82) is 0 Å². The van der Waals surface area contributed by atoms with Gasteiger partial charge in [-0.3, -0.25) is 0 Å². The third-order valence-corrected chi connectivity index (χ3v) is 5.07. The third-order valence-electron chi connectivity index (χ3n) is 5.07. The number of fused-ring (bicyclic) bond motifs is 4. The van der Waals surface area contributed by atoms with Crippen LogP contribution in [-0.4, -0.2) is 39.2 Å². The molecule has 3 aliphatic rings. The number of aromatic nitrogens is 2. The summed E-state index contributed by atoms with van der Waals surface area (Å²) in [5, 5.41) is 10.1. The van der Waals surface area contributed by atoms with Gasteiger partial charge in [0.25, 0.3) is 0 Å². The maximum atomic E-state index is 10.1. The van der Waals surface area contributed by atoms with Crippen LogP contribution in [0.2, 0.25) is 0 Å². The maximum absolute atomic E-state index is 10.1. The van der Waals surface area contributed by atoms with Gasteiger partial charge in [-0.1, -0.05) is 0 Å². The van der Waals surface area contributed by atoms with E-state index in [4.69, 9.17) is 5.73 Å². The third kappa shape index (κ3) is 2.03. The van der Waals surface area contributed by atoms with Gasteiger partial charge >= 0.3 is 0 Å². The molecule has 5 nitrogen and oxygen atoms in total. The average molecular weight is 286 g/mol. The largest absolute Gasteiger partial charge is 0.399 e. The zero-order valence-corrected chi connectivity index (χ0v) is 12.4. The summed E-state index contributed by atoms with van der Waals surface area (Å²) >= 11 is 0. The van der Waals surface area contributed by atoms with Crippen molar-refractivity contribution in [1.82, 2.24) is 14.5 Å². The lowest BCUT2D eigenvalue weighted by Gasteiger charge is -2.46. The fourth-order valence-corrected chi connectivity index (χ4v) is 4.00. The van der Waals surface area contributed by atoms with Crippen molar-refractivity contribution in [2.75, 3.05) is 25.4 Å². The summed E-state index contributed by atoms with van der Waals surface area (Å²) in [6, 6.07) is 6.29. The van der Waals surface area contributed by atoms with Crippen molar-refractivity contribution >= 4 is 16.7 Å². The molecule has 112 valence electrons. The van der Waals surface area contributed by atoms with Crippen LogP contribution in [-0.2, 0) is 0 Å². The second kappa shape index (κ2) is 4.71. The molecule has 1 aromatic carbocycles. The molecule has 3 N–H and O–H groups in total. The summed E-state index contributed by atoms with van der Waals surface area (Å²) in [6.07, 6.45) is 1.94. The lowest BCUT2D eigenvalue weighted by atomic mass is 9.83. The van der Waals surface area contributed by atoms with E-state index < -0.39 is 6.10 Å². The van der Waals surface area contributed by atoms with Crippen LogP contribution in [0.3, 0.4) is 0 Å². The molecule has 2 atom stereocenters. The molecule has 0 saturated carbocycles. The van der Waals surface area contributed by atoms with Gasteiger partial charge in [0.1, 0.15) is 11.9 Å². The Bertz CT molecular complexity index is 670. The van der Waals surface area contributed by atoms with E-state index in [0.29, 0.717) is 12.0 Å². The smallest absolute Gasteiger partial charge is 0.138 e. The van der Waals surface area contributed by atoms with Crippen molar-refractivity contribution < 1.29 is 5.11 Å². The summed E-state index contributed by atoms with van der Waals surface area (Å²) in [5.41, 5.74) is 8.59. The molecule has 2 bridgehead atoms. The van der Waals surface area contributed by atoms with E-state index in [9.17, 15) is 5.11 Å². The summed E-state index contributed by atoms with van der Waals surface area (Å²) in [6.45, 7) is 5.29. The Balaban J connectivity index is 1.88. The van der Waals surface area contributed by atoms with Gasteiger partial charge in [0.05, 0.1) is 17.1 Å². The van der Waals surface area contributed by atoms with E-state index in [1.54, 1.807) is 6.92 Å². The molecule has 1 aromatic heterocycles. The van der Waals surface area contributed by atoms with Crippen LogP contribution < -0.4 is 5.73 Å². The van der Waals surface area contributed by atoms with Gasteiger partial charge < -0.3 is 20.3 Å². The van der Waals surface area contributed by atoms with E-state index in [-0.39, 0.29) is 0 Å². The van der Waals surface area contributed by atoms with Gasteiger partial charge in [0.2, 0.25) is 0 Å². The number of hydrogen-bond acceptors (Lipinski definition) is 4. The molecule has 0 radical (unpaired) electrons. The van der Waals surface area contributed by atoms with Gasteiger partial charge in [-0.15, -0.1) is 0 Å². The van der Waals surface area contributed by atoms with E-state index in [1.165, 1.54) is 25.9 Å². The van der Waals surface area contributed by atoms with Crippen LogP contribution in [0.4, 0.5) is 5.69 Å². The number of nitrogen functional groups attached to an aromatic ring is 1. The Hall–Kier alpha value is -1.59. The Morgan fingerprint density at radius 2 is 2.10 bits per heavy atom. The predicted molar refractivity (Wildman–Crippen MR) is 83.0 cm³/mol. The van der Waals surface area contributed by atoms with Crippen LogP contribution in [0.25, 0.3) is 11.0 Å². The van der Waals surface area contributed by atoms with Crippen LogP contribution in [0.5, 0.6) is 0 Å². The summed E-state index contributed by atoms with van der Waals surface area (Å²) in [4.78, 5) is 7.17. The van der Waals surface area contributed by atoms with Crippen LogP contribution in [0.1, 0.15) is 37.7 Å². The maximum Gasteiger partial charge on any atom is 0.138 e. The Kier molecular flexibility index (Phi) is 2.94. The van der Waals surface area contributed by atoms with E-state index in [2.05, 4.69) is 14.5 Å². The lowest BCUT2D eigenvalue weighted by Crippen LogP contribution is -2.48. The minimum absolute atomic E-state index is 0.422. The SMILES string of the molecule is CC(O)c1nc2cc(N)ccc2n1C1CN2CCC1CC2. The number of anilines is 1. The first kappa shape index (κ1) is 13.1. The van der Waals surface area contributed by atoms with Crippen LogP contribution in [0.15, 0.2) is 18.2 Å². The molecule has 2 aromatic rings. The summed E-state index contributed by atoms with van der Waals surface area (Å²) < 4.78 is 2.27. The monoisotopic (exact) mass is 286 g/mol. The number of aliphatic hydroxyl groups excluding tert-OH is 1. The summed E-state index contributed by atoms with van der Waals surface area (Å²) in [5.74, 6) is 1.47. The normalized spacial score (nSPS) is 29.9. The molecular formula is C16H22N4O. The van der Waals surface area contributed by atoms with Crippen molar-refractivity contribution in [3.63, 3.8) is 0 Å². The number of rotatable bonds is 2. The van der Waals surface area contributed by atoms with Gasteiger partial charge in [0.15, 0.2) is 0 Å². The van der Waals surface area contributed by atoms with Crippen molar-refractivity contribution in [3.05, 3.63) is 24.0 Å². The quantitative estimate of drug-likeness (QED) is 0.828. The molecule has 5 heteroatoms. The summed E-state index contributed by atoms with van der Waals surface area (Å²) in [7, 11) is 0. The highest BCUT2D eigenvalue weighted by Gasteiger charge is 2.37. The number of nitrogens with two attached hydrogens (primary N) is 1. The van der Waals surface area contributed by atoms with Gasteiger partial charge in [0, 0.05) is 12.2 Å². The molecule has 2 unspecified atom stereocenters. The Labute approximate surface area is 124 Å². The molecule has 0 amide bonds. The number of piperidine rings is 3. The number of benzene rings is 1. The zero-order valence-electron chi connectivity index (χ0n) is 12.4. The molecule has 5 rings (SSSR count). The lowest BCUT2D eigenvalue weighted by molar-refractivity contribution is 0.0533. The first-order valence-corrected chi connectivity index (χ1v) is 7.81. The Morgan fingerprint density at radius 3 is 2.71 bits per heavy atom. The molecule has 4 heterocycles. The van der Waals surface area contributed by atoms with E-state index in [0.717, 1.165) is 29.1 Å². The number of aliphatic hydroxyl groups is 1. The number of imidazole rings is 1. The minimum Gasteiger partial charge on any atom is -0.399 e. The van der Waals surface area contributed by atoms with Crippen molar-refractivity contribution in [2.24, 2.45) is 5.92 Å². The number of nitrogens with zero attached hydrogens (tertiary/aromatic N) is 3. The highest BCUT2D eigenvalue weighted by Crippen LogP contribution is 2.39. The van der Waals surface area contributed by atoms with E-state index >= 15 is 0 Å². The van der Waals surface area contributed by atoms with Gasteiger partial charge in [-0.05, 0) is 57.0 Å². The molecule has 3 aliphatic heterocycles. The fourth-order valence-electron chi connectivity index (χ4n) is 4.00. The first-order valence-electron chi connectivity index (χ1n) is 7.81. The van der Waals surface area contributed by atoms with E-state index in [1.807, 2.05) is 18.2 Å². The topological polar surface area (TPSA) is 67.3 Å². The van der Waals surface area contributed by atoms with Crippen LogP contribution in [0, 0.1) is 5.92 Å². The molecule has 0 aliphatic carbocycles. The molecular weight excluding hydrogens is 264 g/mol. The second-order valence-electron chi connectivity index (χ2n) is 6.47. The highest BCUT2D eigenvalue weighted by atomic mass is 16.3. The predicted octanol–water partition coefficient (Wildman–Crippen LogP) is 1.94. The second-order valence-corrected chi connectivity index (χ2v) is 6.47. The standard InChI is InChI=1S/C16H22N4O/c1-10(21)16-18-13-8-12(17)2-3-14(13)20(16)15-9-19-6-4-11(15)5-7-19/h2-3,8,10-11,15,21H,4-7,9,17H2,1H3. The first-order chi connectivity index (χ1) is 10.1. The Morgan fingerprint density at radius 1 is 1.33 bits per heavy atom. The molecule has 3 fully saturated rings. The fraction of sp³-hybridized carbons (Fsp3) is 0.562. The van der Waals surface area contributed by atoms with Gasteiger partial charge in [-0.25, -0.2) is 4.98 Å². The molecule has 0 spiro atoms. The molecule has 3 saturated heterocycles. The van der Waals surface area contributed by atoms with Crippen molar-refractivity contribution in [3.8, 4) is 0 Å². The van der Waals surface area contributed by atoms with Crippen molar-refractivity contribution in [2.45, 2.75) is 31.9 Å². The highest BCUT2D eigenvalue weighted by molar-refractivity contribution is 5.80. The van der Waals surface area contributed by atoms with Gasteiger partial charge in [-0.2, -0.15) is 0 Å². The molecule has 21 heavy (non-hydrogen) atoms.